The number of furan rings is 1. The molecule has 0 aliphatic heterocycles. The van der Waals surface area contributed by atoms with Crippen LogP contribution in [-0.2, 0) is 12.7 Å². The average molecular weight is 443 g/mol. The van der Waals surface area contributed by atoms with E-state index in [9.17, 15) is 23.3 Å². The van der Waals surface area contributed by atoms with Gasteiger partial charge >= 0.3 is 11.9 Å². The molecule has 3 heterocycles. The fraction of sp³-hybridized carbons (Fsp3) is 0.375. The first kappa shape index (κ1) is 21.5. The van der Waals surface area contributed by atoms with Gasteiger partial charge in [0.25, 0.3) is 5.82 Å². The van der Waals surface area contributed by atoms with E-state index in [2.05, 4.69) is 20.4 Å². The fourth-order valence-corrected chi connectivity index (χ4v) is 3.27. The highest BCUT2D eigenvalue weighted by Gasteiger charge is 2.39. The van der Waals surface area contributed by atoms with Gasteiger partial charge in [0.15, 0.2) is 0 Å². The zero-order chi connectivity index (χ0) is 21.7. The number of halogens is 3. The monoisotopic (exact) mass is 443 g/mol. The van der Waals surface area contributed by atoms with Crippen molar-refractivity contribution < 1.29 is 22.5 Å². The summed E-state index contributed by atoms with van der Waals surface area (Å²) in [5, 5.41) is 25.2. The minimum absolute atomic E-state index is 0.0302. The number of alkyl halides is 3. The molecule has 30 heavy (non-hydrogen) atoms. The van der Waals surface area contributed by atoms with Crippen LogP contribution in [0.1, 0.15) is 37.1 Å². The van der Waals surface area contributed by atoms with Crippen molar-refractivity contribution in [3.63, 3.8) is 0 Å². The first-order valence-corrected chi connectivity index (χ1v) is 9.71. The Morgan fingerprint density at radius 1 is 1.37 bits per heavy atom. The molecule has 0 amide bonds. The van der Waals surface area contributed by atoms with Gasteiger partial charge in [-0.2, -0.15) is 28.0 Å². The number of rotatable bonds is 9. The van der Waals surface area contributed by atoms with Crippen LogP contribution in [0, 0.1) is 10.1 Å². The molecule has 160 valence electrons. The molecule has 14 heteroatoms. The molecule has 3 aromatic heterocycles. The Morgan fingerprint density at radius 2 is 2.17 bits per heavy atom. The number of hydrogen-bond donors (Lipinski definition) is 0. The van der Waals surface area contributed by atoms with Gasteiger partial charge in [0.1, 0.15) is 23.9 Å². The highest BCUT2D eigenvalue weighted by molar-refractivity contribution is 7.99. The van der Waals surface area contributed by atoms with E-state index in [1.54, 1.807) is 6.07 Å². The predicted molar refractivity (Wildman–Crippen MR) is 100 cm³/mol. The van der Waals surface area contributed by atoms with Crippen LogP contribution < -0.4 is 0 Å². The van der Waals surface area contributed by atoms with E-state index in [4.69, 9.17) is 4.42 Å². The van der Waals surface area contributed by atoms with Gasteiger partial charge in [0, 0.05) is 5.75 Å². The smallest absolute Gasteiger partial charge is 0.453 e. The molecule has 0 unspecified atom stereocenters. The highest BCUT2D eigenvalue weighted by Crippen LogP contribution is 2.30. The van der Waals surface area contributed by atoms with Crippen LogP contribution in [0.5, 0.6) is 0 Å². The van der Waals surface area contributed by atoms with Crippen molar-refractivity contribution in [3.8, 4) is 0 Å². The molecule has 0 saturated carbocycles. The number of hydrogen-bond acceptors (Lipinski definition) is 8. The normalized spacial score (nSPS) is 12.1. The van der Waals surface area contributed by atoms with E-state index in [1.807, 2.05) is 6.92 Å². The van der Waals surface area contributed by atoms with E-state index < -0.39 is 16.9 Å². The molecule has 0 aliphatic carbocycles. The van der Waals surface area contributed by atoms with Gasteiger partial charge in [-0.15, -0.1) is 10.2 Å². The zero-order valence-electron chi connectivity index (χ0n) is 15.6. The first-order valence-electron chi connectivity index (χ1n) is 8.73. The lowest BCUT2D eigenvalue weighted by Crippen LogP contribution is -2.13. The molecule has 0 fully saturated rings. The van der Waals surface area contributed by atoms with E-state index in [0.29, 0.717) is 16.2 Å². The minimum atomic E-state index is -4.71. The van der Waals surface area contributed by atoms with Gasteiger partial charge in [0.2, 0.25) is 5.16 Å². The van der Waals surface area contributed by atoms with Crippen LogP contribution in [0.3, 0.4) is 0 Å². The third kappa shape index (κ3) is 5.25. The summed E-state index contributed by atoms with van der Waals surface area (Å²) in [6, 6.07) is 3.08. The Balaban J connectivity index is 1.76. The molecule has 3 aromatic rings. The topological polar surface area (TPSA) is 117 Å². The fourth-order valence-electron chi connectivity index (χ4n) is 2.30. The average Bonchev–Trinajstić information content (AvgIpc) is 3.40. The van der Waals surface area contributed by atoms with Gasteiger partial charge in [-0.05, 0) is 18.6 Å². The molecule has 0 aromatic carbocycles. The van der Waals surface area contributed by atoms with E-state index in [1.165, 1.54) is 16.9 Å². The third-order valence-electron chi connectivity index (χ3n) is 3.73. The molecule has 10 nitrogen and oxygen atoms in total. The lowest BCUT2D eigenvalue weighted by atomic mass is 10.4. The molecule has 0 atom stereocenters. The van der Waals surface area contributed by atoms with E-state index in [0.717, 1.165) is 37.0 Å². The van der Waals surface area contributed by atoms with Crippen LogP contribution >= 0.6 is 11.8 Å². The second-order valence-corrected chi connectivity index (χ2v) is 7.08. The number of nitrogens with zero attached hydrogens (tertiary/aromatic N) is 7. The van der Waals surface area contributed by atoms with Crippen LogP contribution in [0.25, 0.3) is 0 Å². The maximum atomic E-state index is 13.2. The second kappa shape index (κ2) is 9.11. The van der Waals surface area contributed by atoms with Crippen molar-refractivity contribution >= 4 is 23.7 Å². The molecular weight excluding hydrogens is 427 g/mol. The van der Waals surface area contributed by atoms with Crippen molar-refractivity contribution in [1.29, 1.82) is 0 Å². The summed E-state index contributed by atoms with van der Waals surface area (Å²) in [7, 11) is 0. The summed E-state index contributed by atoms with van der Waals surface area (Å²) in [5.41, 5.74) is -0.163. The van der Waals surface area contributed by atoms with Crippen molar-refractivity contribution in [3.05, 3.63) is 52.0 Å². The lowest BCUT2D eigenvalue weighted by molar-refractivity contribution is -0.385. The van der Waals surface area contributed by atoms with Gasteiger partial charge in [0.05, 0.1) is 17.7 Å². The van der Waals surface area contributed by atoms with Crippen molar-refractivity contribution in [1.82, 2.24) is 24.7 Å². The third-order valence-corrected chi connectivity index (χ3v) is 4.73. The lowest BCUT2D eigenvalue weighted by Gasteiger charge is -2.06. The summed E-state index contributed by atoms with van der Waals surface area (Å²) in [6.07, 6.45) is 0.464. The number of aromatic nitrogens is 5. The summed E-state index contributed by atoms with van der Waals surface area (Å²) in [5.74, 6) is -0.0544. The predicted octanol–water partition coefficient (Wildman–Crippen LogP) is 3.82. The number of thioether (sulfide) groups is 1. The standard InChI is InChI=1S/C16H16F3N7O3S/c1-2-3-6-30-15-23-22-14(16(17,18)19)25(15)21-8-12-4-5-13(29-12)10-24-9-11(7-20-24)26(27)28/h4-5,7-9H,2-3,6,10H2,1H3/b21-8-. The van der Waals surface area contributed by atoms with Crippen molar-refractivity contribution in [2.24, 2.45) is 5.10 Å². The molecule has 0 N–H and O–H groups in total. The largest absolute Gasteiger partial charge is 0.458 e. The van der Waals surface area contributed by atoms with Crippen LogP contribution in [-0.4, -0.2) is 41.5 Å². The minimum Gasteiger partial charge on any atom is -0.458 e. The molecule has 0 saturated heterocycles. The first-order chi connectivity index (χ1) is 14.3. The van der Waals surface area contributed by atoms with Crippen molar-refractivity contribution in [2.45, 2.75) is 37.6 Å². The van der Waals surface area contributed by atoms with Crippen LogP contribution in [0.2, 0.25) is 0 Å². The molecule has 0 bridgehead atoms. The molecule has 0 aliphatic rings. The zero-order valence-corrected chi connectivity index (χ0v) is 16.4. The highest BCUT2D eigenvalue weighted by atomic mass is 32.2. The Hall–Kier alpha value is -3.16. The summed E-state index contributed by atoms with van der Waals surface area (Å²) in [4.78, 5) is 10.1. The summed E-state index contributed by atoms with van der Waals surface area (Å²) in [6.45, 7) is 2.08. The van der Waals surface area contributed by atoms with E-state index in [-0.39, 0.29) is 23.1 Å². The Kier molecular flexibility index (Phi) is 6.54. The second-order valence-electron chi connectivity index (χ2n) is 6.02. The molecular formula is C16H16F3N7O3S. The van der Waals surface area contributed by atoms with Crippen LogP contribution in [0.4, 0.5) is 18.9 Å². The van der Waals surface area contributed by atoms with Crippen molar-refractivity contribution in [2.75, 3.05) is 5.75 Å². The van der Waals surface area contributed by atoms with Gasteiger partial charge in [-0.1, -0.05) is 25.1 Å². The maximum Gasteiger partial charge on any atom is 0.453 e. The summed E-state index contributed by atoms with van der Waals surface area (Å²) < 4.78 is 47.0. The molecule has 0 radical (unpaired) electrons. The summed E-state index contributed by atoms with van der Waals surface area (Å²) >= 11 is 1.13. The molecule has 3 rings (SSSR count). The Bertz CT molecular complexity index is 1040. The number of unbranched alkanes of at least 4 members (excludes halogenated alkanes) is 1. The van der Waals surface area contributed by atoms with Crippen LogP contribution in [0.15, 0.2) is 39.2 Å². The van der Waals surface area contributed by atoms with Gasteiger partial charge < -0.3 is 4.42 Å². The maximum absolute atomic E-state index is 13.2. The van der Waals surface area contributed by atoms with Gasteiger partial charge in [-0.25, -0.2) is 0 Å². The Morgan fingerprint density at radius 3 is 2.83 bits per heavy atom. The SMILES string of the molecule is CCCCSc1nnc(C(F)(F)F)n1/N=C\c1ccc(Cn2cc([N+](=O)[O-])cn2)o1. The Labute approximate surface area is 171 Å². The number of nitro groups is 1. The molecule has 0 spiro atoms. The van der Waals surface area contributed by atoms with Gasteiger partial charge in [-0.3, -0.25) is 14.8 Å². The van der Waals surface area contributed by atoms with E-state index >= 15 is 0 Å². The quantitative estimate of drug-likeness (QED) is 0.162.